The predicted molar refractivity (Wildman–Crippen MR) is 89.6 cm³/mol. The summed E-state index contributed by atoms with van der Waals surface area (Å²) in [6.07, 6.45) is 4.84. The number of rotatable bonds is 4. The summed E-state index contributed by atoms with van der Waals surface area (Å²) >= 11 is 0. The number of hydrogen-bond acceptors (Lipinski definition) is 2. The van der Waals surface area contributed by atoms with Crippen LogP contribution >= 0.6 is 0 Å². The highest BCUT2D eigenvalue weighted by atomic mass is 16.3. The van der Waals surface area contributed by atoms with Crippen LogP contribution in [-0.2, 0) is 6.42 Å². The Balaban J connectivity index is 1.92. The van der Waals surface area contributed by atoms with Crippen LogP contribution in [0, 0.1) is 10.8 Å². The summed E-state index contributed by atoms with van der Waals surface area (Å²) in [5.41, 5.74) is 2.14. The van der Waals surface area contributed by atoms with E-state index < -0.39 is 0 Å². The van der Waals surface area contributed by atoms with Gasteiger partial charge in [-0.25, -0.2) is 0 Å². The zero-order valence-electron chi connectivity index (χ0n) is 14.2. The summed E-state index contributed by atoms with van der Waals surface area (Å²) in [5.74, 6) is 0.343. The normalized spacial score (nSPS) is 22.9. The van der Waals surface area contributed by atoms with E-state index in [9.17, 15) is 5.11 Å². The first-order valence-corrected chi connectivity index (χ1v) is 8.19. The van der Waals surface area contributed by atoms with Crippen LogP contribution in [0.1, 0.15) is 59.4 Å². The number of nitrogens with one attached hydrogen (secondary N) is 1. The van der Waals surface area contributed by atoms with E-state index in [1.165, 1.54) is 24.8 Å². The van der Waals surface area contributed by atoms with Crippen LogP contribution in [0.15, 0.2) is 24.3 Å². The Bertz CT molecular complexity index is 445. The Hall–Kier alpha value is -1.02. The maximum absolute atomic E-state index is 9.35. The molecule has 0 spiro atoms. The first-order valence-electron chi connectivity index (χ1n) is 8.19. The molecule has 2 N–H and O–H groups in total. The molecule has 1 unspecified atom stereocenters. The molecule has 2 rings (SSSR count). The molecule has 2 nitrogen and oxygen atoms in total. The van der Waals surface area contributed by atoms with E-state index in [1.54, 1.807) is 12.1 Å². The molecule has 0 radical (unpaired) electrons. The first-order chi connectivity index (χ1) is 9.65. The van der Waals surface area contributed by atoms with Crippen molar-refractivity contribution in [2.45, 2.75) is 72.4 Å². The van der Waals surface area contributed by atoms with E-state index in [4.69, 9.17) is 0 Å². The highest BCUT2D eigenvalue weighted by Crippen LogP contribution is 2.45. The van der Waals surface area contributed by atoms with Crippen molar-refractivity contribution in [2.24, 2.45) is 10.8 Å². The van der Waals surface area contributed by atoms with Gasteiger partial charge in [-0.1, -0.05) is 39.8 Å². The van der Waals surface area contributed by atoms with E-state index in [0.717, 1.165) is 6.42 Å². The smallest absolute Gasteiger partial charge is 0.115 e. The number of benzene rings is 1. The van der Waals surface area contributed by atoms with Crippen LogP contribution in [0.2, 0.25) is 0 Å². The molecule has 1 aromatic rings. The van der Waals surface area contributed by atoms with Crippen molar-refractivity contribution in [3.8, 4) is 5.75 Å². The van der Waals surface area contributed by atoms with Crippen LogP contribution in [0.3, 0.4) is 0 Å². The SMILES string of the molecule is CC(Cc1ccc(O)cc1)NC1CC(C)(C)CC(C)(C)C1. The van der Waals surface area contributed by atoms with Gasteiger partial charge in [0, 0.05) is 12.1 Å². The minimum atomic E-state index is 0.343. The van der Waals surface area contributed by atoms with Crippen LogP contribution in [-0.4, -0.2) is 17.2 Å². The number of hydrogen-bond donors (Lipinski definition) is 2. The Labute approximate surface area is 130 Å². The van der Waals surface area contributed by atoms with Gasteiger partial charge in [-0.3, -0.25) is 0 Å². The second-order valence-corrected chi connectivity index (χ2v) is 8.55. The Kier molecular flexibility index (Phi) is 4.67. The minimum absolute atomic E-state index is 0.343. The molecule has 1 aromatic carbocycles. The zero-order valence-corrected chi connectivity index (χ0v) is 14.2. The third-order valence-electron chi connectivity index (χ3n) is 4.55. The summed E-state index contributed by atoms with van der Waals surface area (Å²) in [5, 5.41) is 13.2. The van der Waals surface area contributed by atoms with Gasteiger partial charge in [0.15, 0.2) is 0 Å². The third kappa shape index (κ3) is 5.03. The predicted octanol–water partition coefficient (Wildman–Crippen LogP) is 4.52. The lowest BCUT2D eigenvalue weighted by Crippen LogP contribution is -2.47. The highest BCUT2D eigenvalue weighted by Gasteiger charge is 2.38. The second-order valence-electron chi connectivity index (χ2n) is 8.55. The van der Waals surface area contributed by atoms with Gasteiger partial charge in [0.1, 0.15) is 5.75 Å². The van der Waals surface area contributed by atoms with Crippen molar-refractivity contribution < 1.29 is 5.11 Å². The fraction of sp³-hybridized carbons (Fsp3) is 0.684. The molecule has 1 fully saturated rings. The molecule has 0 saturated heterocycles. The molecule has 1 atom stereocenters. The summed E-state index contributed by atoms with van der Waals surface area (Å²) in [4.78, 5) is 0. The van der Waals surface area contributed by atoms with Gasteiger partial charge in [-0.2, -0.15) is 0 Å². The topological polar surface area (TPSA) is 32.3 Å². The molecule has 0 aliphatic heterocycles. The van der Waals surface area contributed by atoms with E-state index >= 15 is 0 Å². The van der Waals surface area contributed by atoms with Gasteiger partial charge >= 0.3 is 0 Å². The van der Waals surface area contributed by atoms with Gasteiger partial charge in [0.25, 0.3) is 0 Å². The maximum atomic E-state index is 9.35. The van der Waals surface area contributed by atoms with E-state index in [1.807, 2.05) is 12.1 Å². The zero-order chi connectivity index (χ0) is 15.7. The summed E-state index contributed by atoms with van der Waals surface area (Å²) in [7, 11) is 0. The van der Waals surface area contributed by atoms with Crippen LogP contribution < -0.4 is 5.32 Å². The molecule has 0 amide bonds. The first kappa shape index (κ1) is 16.4. The molecule has 118 valence electrons. The molecule has 1 aliphatic carbocycles. The largest absolute Gasteiger partial charge is 0.508 e. The molecule has 2 heteroatoms. The van der Waals surface area contributed by atoms with Crippen molar-refractivity contribution >= 4 is 0 Å². The van der Waals surface area contributed by atoms with Crippen molar-refractivity contribution in [1.29, 1.82) is 0 Å². The van der Waals surface area contributed by atoms with Crippen LogP contribution in [0.5, 0.6) is 5.75 Å². The maximum Gasteiger partial charge on any atom is 0.115 e. The Morgan fingerprint density at radius 3 is 2.14 bits per heavy atom. The quantitative estimate of drug-likeness (QED) is 0.854. The monoisotopic (exact) mass is 289 g/mol. The number of phenolic OH excluding ortho intramolecular Hbond substituents is 1. The average Bonchev–Trinajstić information content (AvgIpc) is 2.27. The van der Waals surface area contributed by atoms with Crippen molar-refractivity contribution in [3.63, 3.8) is 0 Å². The van der Waals surface area contributed by atoms with E-state index in [2.05, 4.69) is 39.9 Å². The fourth-order valence-electron chi connectivity index (χ4n) is 4.41. The van der Waals surface area contributed by atoms with Crippen LogP contribution in [0.4, 0.5) is 0 Å². The molecule has 0 bridgehead atoms. The van der Waals surface area contributed by atoms with Crippen molar-refractivity contribution in [1.82, 2.24) is 5.32 Å². The molecular formula is C19H31NO. The number of aromatic hydroxyl groups is 1. The lowest BCUT2D eigenvalue weighted by molar-refractivity contribution is 0.0811. The van der Waals surface area contributed by atoms with Crippen molar-refractivity contribution in [2.75, 3.05) is 0 Å². The van der Waals surface area contributed by atoms with E-state index in [-0.39, 0.29) is 0 Å². The Morgan fingerprint density at radius 1 is 1.10 bits per heavy atom. The van der Waals surface area contributed by atoms with Gasteiger partial charge in [0.05, 0.1) is 0 Å². The van der Waals surface area contributed by atoms with Gasteiger partial charge in [-0.15, -0.1) is 0 Å². The van der Waals surface area contributed by atoms with E-state index in [0.29, 0.717) is 28.7 Å². The molecule has 0 aromatic heterocycles. The fourth-order valence-corrected chi connectivity index (χ4v) is 4.41. The summed E-state index contributed by atoms with van der Waals surface area (Å²) in [6, 6.07) is 8.65. The molecule has 21 heavy (non-hydrogen) atoms. The lowest BCUT2D eigenvalue weighted by atomic mass is 9.63. The highest BCUT2D eigenvalue weighted by molar-refractivity contribution is 5.26. The van der Waals surface area contributed by atoms with Gasteiger partial charge in [-0.05, 0) is 61.1 Å². The third-order valence-corrected chi connectivity index (χ3v) is 4.55. The minimum Gasteiger partial charge on any atom is -0.508 e. The summed E-state index contributed by atoms with van der Waals surface area (Å²) in [6.45, 7) is 11.8. The number of phenols is 1. The van der Waals surface area contributed by atoms with Gasteiger partial charge < -0.3 is 10.4 Å². The van der Waals surface area contributed by atoms with Crippen molar-refractivity contribution in [3.05, 3.63) is 29.8 Å². The second kappa shape index (κ2) is 6.00. The molecule has 0 heterocycles. The summed E-state index contributed by atoms with van der Waals surface area (Å²) < 4.78 is 0. The van der Waals surface area contributed by atoms with Gasteiger partial charge in [0.2, 0.25) is 0 Å². The lowest BCUT2D eigenvalue weighted by Gasteiger charge is -2.46. The molecule has 1 aliphatic rings. The molecular weight excluding hydrogens is 258 g/mol. The standard InChI is InChI=1S/C19H31NO/c1-14(10-15-6-8-17(21)9-7-15)20-16-11-18(2,3)13-19(4,5)12-16/h6-9,14,16,20-21H,10-13H2,1-5H3. The molecule has 1 saturated carbocycles. The van der Waals surface area contributed by atoms with Crippen LogP contribution in [0.25, 0.3) is 0 Å². The Morgan fingerprint density at radius 2 is 1.62 bits per heavy atom. The average molecular weight is 289 g/mol.